The van der Waals surface area contributed by atoms with Crippen LogP contribution in [0.4, 0.5) is 10.2 Å². The van der Waals surface area contributed by atoms with Crippen molar-refractivity contribution < 1.29 is 19.1 Å². The third kappa shape index (κ3) is 4.47. The van der Waals surface area contributed by atoms with Gasteiger partial charge in [0.1, 0.15) is 17.3 Å². The number of hydrogen-bond acceptors (Lipinski definition) is 5. The Kier molecular flexibility index (Phi) is 5.91. The van der Waals surface area contributed by atoms with E-state index in [0.717, 1.165) is 27.8 Å². The number of pyridine rings is 2. The van der Waals surface area contributed by atoms with E-state index in [0.29, 0.717) is 5.65 Å². The zero-order valence-electron chi connectivity index (χ0n) is 16.9. The number of hydrogen-bond donors (Lipinski definition) is 4. The Hall–Kier alpha value is -4.11. The van der Waals surface area contributed by atoms with Crippen LogP contribution in [-0.4, -0.2) is 38.0 Å². The molecule has 4 rings (SSSR count). The number of benzene rings is 1. The summed E-state index contributed by atoms with van der Waals surface area (Å²) in [5.74, 6) is -1.59. The minimum absolute atomic E-state index is 0.0207. The lowest BCUT2D eigenvalue weighted by Gasteiger charge is -2.10. The van der Waals surface area contributed by atoms with E-state index in [1.807, 2.05) is 18.2 Å². The summed E-state index contributed by atoms with van der Waals surface area (Å²) in [4.78, 5) is 34.8. The molecule has 0 fully saturated rings. The number of carboxylic acid groups (broad SMARTS) is 1. The molecule has 32 heavy (non-hydrogen) atoms. The molecule has 1 aromatic carbocycles. The summed E-state index contributed by atoms with van der Waals surface area (Å²) in [6.07, 6.45) is 3.19. The van der Waals surface area contributed by atoms with E-state index in [1.54, 1.807) is 30.6 Å². The molecular weight excluding hydrogens is 413 g/mol. The second-order valence-electron chi connectivity index (χ2n) is 7.24. The van der Waals surface area contributed by atoms with Gasteiger partial charge in [0.15, 0.2) is 0 Å². The first-order valence-corrected chi connectivity index (χ1v) is 9.89. The molecule has 0 aliphatic carbocycles. The van der Waals surface area contributed by atoms with Crippen molar-refractivity contribution in [3.05, 3.63) is 66.7 Å². The van der Waals surface area contributed by atoms with Gasteiger partial charge in [-0.1, -0.05) is 0 Å². The first-order chi connectivity index (χ1) is 15.4. The molecule has 0 saturated carbocycles. The van der Waals surface area contributed by atoms with Crippen molar-refractivity contribution in [3.63, 3.8) is 0 Å². The number of carboxylic acids is 1. The number of aromatic amines is 1. The van der Waals surface area contributed by atoms with Crippen LogP contribution in [0.1, 0.15) is 12.8 Å². The molecule has 3 aromatic heterocycles. The third-order valence-electron chi connectivity index (χ3n) is 5.02. The first kappa shape index (κ1) is 21.1. The average Bonchev–Trinajstić information content (AvgIpc) is 3.17. The highest BCUT2D eigenvalue weighted by Crippen LogP contribution is 2.38. The van der Waals surface area contributed by atoms with Gasteiger partial charge in [-0.2, -0.15) is 0 Å². The monoisotopic (exact) mass is 433 g/mol. The van der Waals surface area contributed by atoms with Crippen LogP contribution in [-0.2, 0) is 9.59 Å². The van der Waals surface area contributed by atoms with Gasteiger partial charge in [-0.15, -0.1) is 0 Å². The van der Waals surface area contributed by atoms with E-state index >= 15 is 0 Å². The lowest BCUT2D eigenvalue weighted by molar-refractivity contribution is -0.137. The lowest BCUT2D eigenvalue weighted by atomic mass is 10.00. The molecule has 5 N–H and O–H groups in total. The zero-order chi connectivity index (χ0) is 22.7. The van der Waals surface area contributed by atoms with Crippen LogP contribution in [0.3, 0.4) is 0 Å². The molecule has 0 spiro atoms. The van der Waals surface area contributed by atoms with E-state index < -0.39 is 17.9 Å². The molecule has 162 valence electrons. The molecular formula is C23H20FN5O3. The largest absolute Gasteiger partial charge is 0.481 e. The molecule has 0 radical (unpaired) electrons. The fourth-order valence-corrected chi connectivity index (χ4v) is 3.42. The second-order valence-corrected chi connectivity index (χ2v) is 7.24. The summed E-state index contributed by atoms with van der Waals surface area (Å²) in [6.45, 7) is 0. The summed E-state index contributed by atoms with van der Waals surface area (Å²) in [5.41, 5.74) is 9.59. The highest BCUT2D eigenvalue weighted by atomic mass is 19.1. The standard InChI is InChI=1S/C23H20FN5O3/c24-15-3-1-14(2-4-15)21-20(13-9-11-26-12-10-13)16-5-7-18(27-22(16)29-21)28-23(32)17(25)6-8-19(30)31/h1-5,7,9-12,17H,6,8,25H2,(H,30,31)(H2,27,28,29,32). The maximum atomic E-state index is 13.5. The summed E-state index contributed by atoms with van der Waals surface area (Å²) < 4.78 is 13.5. The Balaban J connectivity index is 1.72. The highest BCUT2D eigenvalue weighted by Gasteiger charge is 2.19. The van der Waals surface area contributed by atoms with Crippen LogP contribution in [0.2, 0.25) is 0 Å². The number of rotatable bonds is 7. The van der Waals surface area contributed by atoms with Crippen molar-refractivity contribution in [2.45, 2.75) is 18.9 Å². The molecule has 4 aromatic rings. The quantitative estimate of drug-likeness (QED) is 0.352. The molecule has 1 unspecified atom stereocenters. The molecule has 8 nitrogen and oxygen atoms in total. The Labute approximate surface area is 182 Å². The van der Waals surface area contributed by atoms with Crippen molar-refractivity contribution >= 4 is 28.7 Å². The van der Waals surface area contributed by atoms with E-state index in [4.69, 9.17) is 10.8 Å². The maximum Gasteiger partial charge on any atom is 0.303 e. The van der Waals surface area contributed by atoms with Crippen LogP contribution in [0.25, 0.3) is 33.4 Å². The Morgan fingerprint density at radius 3 is 2.47 bits per heavy atom. The van der Waals surface area contributed by atoms with Crippen molar-refractivity contribution in [1.82, 2.24) is 15.0 Å². The van der Waals surface area contributed by atoms with Crippen molar-refractivity contribution in [2.75, 3.05) is 5.32 Å². The second kappa shape index (κ2) is 8.94. The van der Waals surface area contributed by atoms with Crippen molar-refractivity contribution in [1.29, 1.82) is 0 Å². The molecule has 1 amide bonds. The predicted molar refractivity (Wildman–Crippen MR) is 118 cm³/mol. The lowest BCUT2D eigenvalue weighted by Crippen LogP contribution is -2.36. The first-order valence-electron chi connectivity index (χ1n) is 9.89. The molecule has 0 saturated heterocycles. The molecule has 0 aliphatic rings. The van der Waals surface area contributed by atoms with Crippen LogP contribution in [0.5, 0.6) is 0 Å². The van der Waals surface area contributed by atoms with E-state index in [2.05, 4.69) is 20.3 Å². The number of aliphatic carboxylic acids is 1. The number of aromatic nitrogens is 3. The van der Waals surface area contributed by atoms with Crippen molar-refractivity contribution in [2.24, 2.45) is 5.73 Å². The van der Waals surface area contributed by atoms with E-state index in [1.165, 1.54) is 12.1 Å². The van der Waals surface area contributed by atoms with Gasteiger partial charge in [-0.25, -0.2) is 9.37 Å². The zero-order valence-corrected chi connectivity index (χ0v) is 16.9. The number of halogens is 1. The number of H-pyrrole nitrogens is 1. The number of fused-ring (bicyclic) bond motifs is 1. The molecule has 0 aliphatic heterocycles. The van der Waals surface area contributed by atoms with Gasteiger partial charge in [0.2, 0.25) is 5.91 Å². The van der Waals surface area contributed by atoms with Crippen LogP contribution >= 0.6 is 0 Å². The fraction of sp³-hybridized carbons (Fsp3) is 0.130. The molecule has 0 bridgehead atoms. The van der Waals surface area contributed by atoms with Gasteiger partial charge in [0.05, 0.1) is 11.7 Å². The van der Waals surface area contributed by atoms with Gasteiger partial charge >= 0.3 is 5.97 Å². The van der Waals surface area contributed by atoms with Gasteiger partial charge in [-0.05, 0) is 66.1 Å². The van der Waals surface area contributed by atoms with Crippen LogP contribution in [0, 0.1) is 5.82 Å². The number of carbonyl (C=O) groups excluding carboxylic acids is 1. The normalized spacial score (nSPS) is 11.9. The minimum Gasteiger partial charge on any atom is -0.481 e. The Morgan fingerprint density at radius 1 is 1.06 bits per heavy atom. The van der Waals surface area contributed by atoms with Crippen LogP contribution < -0.4 is 11.1 Å². The Morgan fingerprint density at radius 2 is 1.78 bits per heavy atom. The Bertz CT molecular complexity index is 1270. The van der Waals surface area contributed by atoms with Gasteiger partial charge in [0.25, 0.3) is 0 Å². The topological polar surface area (TPSA) is 134 Å². The van der Waals surface area contributed by atoms with Gasteiger partial charge < -0.3 is 21.1 Å². The highest BCUT2D eigenvalue weighted by molar-refractivity contribution is 6.03. The fourth-order valence-electron chi connectivity index (χ4n) is 3.42. The van der Waals surface area contributed by atoms with Gasteiger partial charge in [-0.3, -0.25) is 14.6 Å². The average molecular weight is 433 g/mol. The molecule has 1 atom stereocenters. The van der Waals surface area contributed by atoms with Crippen LogP contribution in [0.15, 0.2) is 60.9 Å². The third-order valence-corrected chi connectivity index (χ3v) is 5.02. The maximum absolute atomic E-state index is 13.5. The number of amides is 1. The SMILES string of the molecule is NC(CCC(=O)O)C(=O)Nc1ccc2c(-c3ccncc3)c(-c3ccc(F)cc3)[nH]c2n1. The number of anilines is 1. The number of nitrogens with two attached hydrogens (primary N) is 1. The van der Waals surface area contributed by atoms with Crippen molar-refractivity contribution in [3.8, 4) is 22.4 Å². The van der Waals surface area contributed by atoms with E-state index in [9.17, 15) is 14.0 Å². The molecule has 9 heteroatoms. The van der Waals surface area contributed by atoms with E-state index in [-0.39, 0.29) is 24.5 Å². The minimum atomic E-state index is -1.02. The van der Waals surface area contributed by atoms with Gasteiger partial charge in [0, 0.05) is 29.8 Å². The summed E-state index contributed by atoms with van der Waals surface area (Å²) in [6, 6.07) is 12.4. The summed E-state index contributed by atoms with van der Waals surface area (Å²) in [5, 5.41) is 12.2. The molecule has 3 heterocycles. The predicted octanol–water partition coefficient (Wildman–Crippen LogP) is 3.56. The summed E-state index contributed by atoms with van der Waals surface area (Å²) in [7, 11) is 0. The number of carbonyl (C=O) groups is 2. The number of nitrogens with one attached hydrogen (secondary N) is 2. The smallest absolute Gasteiger partial charge is 0.303 e. The number of nitrogens with zero attached hydrogens (tertiary/aromatic N) is 2. The summed E-state index contributed by atoms with van der Waals surface area (Å²) >= 11 is 0.